The van der Waals surface area contributed by atoms with Gasteiger partial charge < -0.3 is 10.1 Å². The summed E-state index contributed by atoms with van der Waals surface area (Å²) in [6.45, 7) is 15.9. The molecule has 0 aliphatic heterocycles. The molecule has 0 spiro atoms. The highest BCUT2D eigenvalue weighted by Gasteiger charge is 2.14. The van der Waals surface area contributed by atoms with Crippen molar-refractivity contribution < 1.29 is 4.74 Å². The maximum absolute atomic E-state index is 5.91. The zero-order valence-electron chi connectivity index (χ0n) is 21.4. The van der Waals surface area contributed by atoms with E-state index in [1.807, 2.05) is 0 Å². The first-order valence-corrected chi connectivity index (χ1v) is 12.9. The van der Waals surface area contributed by atoms with Gasteiger partial charge in [-0.1, -0.05) is 88.0 Å². The Morgan fingerprint density at radius 3 is 2.28 bits per heavy atom. The van der Waals surface area contributed by atoms with Gasteiger partial charge >= 0.3 is 0 Å². The van der Waals surface area contributed by atoms with Crippen LogP contribution in [0.3, 0.4) is 0 Å². The van der Waals surface area contributed by atoms with E-state index in [2.05, 4.69) is 88.2 Å². The first kappa shape index (κ1) is 28.2. The van der Waals surface area contributed by atoms with Crippen molar-refractivity contribution in [2.24, 2.45) is 5.41 Å². The lowest BCUT2D eigenvalue weighted by atomic mass is 9.84. The molecule has 0 bridgehead atoms. The Morgan fingerprint density at radius 2 is 1.62 bits per heavy atom. The zero-order valence-corrected chi connectivity index (χ0v) is 21.4. The van der Waals surface area contributed by atoms with Crippen LogP contribution in [0, 0.1) is 5.41 Å². The van der Waals surface area contributed by atoms with Crippen LogP contribution >= 0.6 is 0 Å². The van der Waals surface area contributed by atoms with Crippen molar-refractivity contribution >= 4 is 6.08 Å². The predicted octanol–water partition coefficient (Wildman–Crippen LogP) is 8.75. The van der Waals surface area contributed by atoms with Gasteiger partial charge in [0.25, 0.3) is 0 Å². The number of benzene rings is 1. The fourth-order valence-electron chi connectivity index (χ4n) is 3.58. The standard InChI is InChI=1S/C30H49NO/c1-6-8-9-10-11-12-24-31-25-13-14-26-32-29-19-17-28(18-20-29)21-23-30(5,7-2)22-15-16-27(3)4/h7,16-21,23,31H,2,6,8-15,22,24-26H2,1,3-5H3/b23-21+/t30-/m1/s1. The van der Waals surface area contributed by atoms with E-state index < -0.39 is 0 Å². The Kier molecular flexibility index (Phi) is 15.6. The number of nitrogens with one attached hydrogen (secondary N) is 1. The molecule has 1 aromatic carbocycles. The molecule has 0 saturated heterocycles. The summed E-state index contributed by atoms with van der Waals surface area (Å²) in [4.78, 5) is 0. The quantitative estimate of drug-likeness (QED) is 0.172. The summed E-state index contributed by atoms with van der Waals surface area (Å²) in [5, 5.41) is 3.56. The molecule has 0 saturated carbocycles. The molecule has 0 aliphatic rings. The highest BCUT2D eigenvalue weighted by molar-refractivity contribution is 5.52. The van der Waals surface area contributed by atoms with Crippen molar-refractivity contribution in [3.05, 3.63) is 60.2 Å². The van der Waals surface area contributed by atoms with E-state index >= 15 is 0 Å². The molecule has 1 N–H and O–H groups in total. The molecule has 0 aliphatic carbocycles. The molecule has 1 atom stereocenters. The van der Waals surface area contributed by atoms with Crippen LogP contribution in [0.2, 0.25) is 0 Å². The van der Waals surface area contributed by atoms with Crippen LogP contribution in [0.15, 0.2) is 54.6 Å². The number of rotatable bonds is 19. The van der Waals surface area contributed by atoms with Crippen molar-refractivity contribution in [3.8, 4) is 5.75 Å². The molecular formula is C30H49NO. The topological polar surface area (TPSA) is 21.3 Å². The number of hydrogen-bond donors (Lipinski definition) is 1. The van der Waals surface area contributed by atoms with Gasteiger partial charge in [0.05, 0.1) is 6.61 Å². The normalized spacial score (nSPS) is 13.1. The van der Waals surface area contributed by atoms with E-state index in [1.165, 1.54) is 56.1 Å². The van der Waals surface area contributed by atoms with E-state index in [0.29, 0.717) is 0 Å². The number of allylic oxidation sites excluding steroid dienone is 4. The second-order valence-corrected chi connectivity index (χ2v) is 9.51. The lowest BCUT2D eigenvalue weighted by Crippen LogP contribution is -2.17. The van der Waals surface area contributed by atoms with Gasteiger partial charge in [0.15, 0.2) is 0 Å². The molecule has 0 radical (unpaired) electrons. The van der Waals surface area contributed by atoms with Gasteiger partial charge in [-0.15, -0.1) is 6.58 Å². The fraction of sp³-hybridized carbons (Fsp3) is 0.600. The average Bonchev–Trinajstić information content (AvgIpc) is 2.79. The van der Waals surface area contributed by atoms with Crippen molar-refractivity contribution in [2.45, 2.75) is 91.9 Å². The first-order chi connectivity index (χ1) is 15.5. The van der Waals surface area contributed by atoms with Gasteiger partial charge in [0.1, 0.15) is 5.75 Å². The maximum atomic E-state index is 5.91. The Labute approximate surface area is 199 Å². The SMILES string of the molecule is C=C[C@@](C)(/C=C/c1ccc(OCCCCNCCCCCCCC)cc1)CCC=C(C)C. The molecule has 2 heteroatoms. The highest BCUT2D eigenvalue weighted by atomic mass is 16.5. The molecule has 0 heterocycles. The van der Waals surface area contributed by atoms with Gasteiger partial charge in [-0.2, -0.15) is 0 Å². The largest absolute Gasteiger partial charge is 0.494 e. The van der Waals surface area contributed by atoms with Crippen LogP contribution in [0.5, 0.6) is 5.75 Å². The minimum atomic E-state index is 0.0181. The summed E-state index contributed by atoms with van der Waals surface area (Å²) < 4.78 is 5.91. The van der Waals surface area contributed by atoms with E-state index in [0.717, 1.165) is 44.7 Å². The Bertz CT molecular complexity index is 654. The molecule has 0 aromatic heterocycles. The van der Waals surface area contributed by atoms with Gasteiger partial charge in [0, 0.05) is 5.41 Å². The highest BCUT2D eigenvalue weighted by Crippen LogP contribution is 2.28. The molecule has 0 fully saturated rings. The van der Waals surface area contributed by atoms with Gasteiger partial charge in [0.2, 0.25) is 0 Å². The molecule has 0 amide bonds. The van der Waals surface area contributed by atoms with E-state index in [1.54, 1.807) is 0 Å². The summed E-state index contributed by atoms with van der Waals surface area (Å²) >= 11 is 0. The van der Waals surface area contributed by atoms with E-state index in [4.69, 9.17) is 4.74 Å². The Morgan fingerprint density at radius 1 is 0.969 bits per heavy atom. The molecule has 1 rings (SSSR count). The van der Waals surface area contributed by atoms with Gasteiger partial charge in [-0.25, -0.2) is 0 Å². The van der Waals surface area contributed by atoms with Crippen LogP contribution in [-0.4, -0.2) is 19.7 Å². The van der Waals surface area contributed by atoms with Crippen LogP contribution in [-0.2, 0) is 0 Å². The Balaban J connectivity index is 2.20. The van der Waals surface area contributed by atoms with Crippen molar-refractivity contribution in [1.29, 1.82) is 0 Å². The number of ether oxygens (including phenoxy) is 1. The van der Waals surface area contributed by atoms with Crippen molar-refractivity contribution in [2.75, 3.05) is 19.7 Å². The smallest absolute Gasteiger partial charge is 0.119 e. The molecule has 1 aromatic rings. The van der Waals surface area contributed by atoms with Crippen LogP contribution in [0.25, 0.3) is 6.08 Å². The molecule has 32 heavy (non-hydrogen) atoms. The minimum Gasteiger partial charge on any atom is -0.494 e. The van der Waals surface area contributed by atoms with Crippen molar-refractivity contribution in [1.82, 2.24) is 5.32 Å². The summed E-state index contributed by atoms with van der Waals surface area (Å²) in [6, 6.07) is 8.41. The van der Waals surface area contributed by atoms with Crippen LogP contribution in [0.1, 0.15) is 97.5 Å². The third-order valence-electron chi connectivity index (χ3n) is 5.96. The third kappa shape index (κ3) is 14.3. The minimum absolute atomic E-state index is 0.0181. The first-order valence-electron chi connectivity index (χ1n) is 12.9. The van der Waals surface area contributed by atoms with Gasteiger partial charge in [-0.3, -0.25) is 0 Å². The van der Waals surface area contributed by atoms with E-state index in [9.17, 15) is 0 Å². The summed E-state index contributed by atoms with van der Waals surface area (Å²) in [6.07, 6.45) is 21.4. The molecule has 2 nitrogen and oxygen atoms in total. The maximum Gasteiger partial charge on any atom is 0.119 e. The second kappa shape index (κ2) is 17.7. The number of unbranched alkanes of at least 4 members (excludes halogenated alkanes) is 6. The second-order valence-electron chi connectivity index (χ2n) is 9.51. The lowest BCUT2D eigenvalue weighted by molar-refractivity contribution is 0.305. The summed E-state index contributed by atoms with van der Waals surface area (Å²) in [5.74, 6) is 0.956. The molecular weight excluding hydrogens is 390 g/mol. The summed E-state index contributed by atoms with van der Waals surface area (Å²) in [7, 11) is 0. The van der Waals surface area contributed by atoms with Crippen molar-refractivity contribution in [3.63, 3.8) is 0 Å². The number of hydrogen-bond acceptors (Lipinski definition) is 2. The fourth-order valence-corrected chi connectivity index (χ4v) is 3.58. The molecule has 0 unspecified atom stereocenters. The Hall–Kier alpha value is -1.80. The average molecular weight is 440 g/mol. The lowest BCUT2D eigenvalue weighted by Gasteiger charge is -2.20. The zero-order chi connectivity index (χ0) is 23.5. The van der Waals surface area contributed by atoms with Crippen LogP contribution in [0.4, 0.5) is 0 Å². The molecule has 180 valence electrons. The summed E-state index contributed by atoms with van der Waals surface area (Å²) in [5.41, 5.74) is 2.59. The van der Waals surface area contributed by atoms with E-state index in [-0.39, 0.29) is 5.41 Å². The van der Waals surface area contributed by atoms with Crippen LogP contribution < -0.4 is 10.1 Å². The monoisotopic (exact) mass is 439 g/mol. The van der Waals surface area contributed by atoms with Gasteiger partial charge in [-0.05, 0) is 76.7 Å². The third-order valence-corrected chi connectivity index (χ3v) is 5.96. The predicted molar refractivity (Wildman–Crippen MR) is 143 cm³/mol.